The van der Waals surface area contributed by atoms with Gasteiger partial charge in [0.1, 0.15) is 11.8 Å². The fraction of sp³-hybridized carbons (Fsp3) is 0.333. The summed E-state index contributed by atoms with van der Waals surface area (Å²) in [5.74, 6) is -1.07. The van der Waals surface area contributed by atoms with E-state index in [1.165, 1.54) is 4.90 Å². The van der Waals surface area contributed by atoms with E-state index in [-0.39, 0.29) is 36.6 Å². The minimum Gasteiger partial charge on any atom is -0.480 e. The van der Waals surface area contributed by atoms with Crippen LogP contribution in [0, 0.1) is 5.92 Å². The van der Waals surface area contributed by atoms with E-state index < -0.39 is 18.1 Å². The summed E-state index contributed by atoms with van der Waals surface area (Å²) >= 11 is 6.15. The van der Waals surface area contributed by atoms with Crippen molar-refractivity contribution < 1.29 is 23.9 Å². The molecule has 2 N–H and O–H groups in total. The second-order valence-electron chi connectivity index (χ2n) is 8.47. The number of carbonyl (C=O) groups is 4. The average Bonchev–Trinajstić information content (AvgIpc) is 3.09. The first-order chi connectivity index (χ1) is 15.7. The van der Waals surface area contributed by atoms with Gasteiger partial charge in [0.05, 0.1) is 10.7 Å². The largest absolute Gasteiger partial charge is 0.480 e. The van der Waals surface area contributed by atoms with Crippen LogP contribution < -0.4 is 15.4 Å². The molecule has 4 amide bonds. The van der Waals surface area contributed by atoms with Gasteiger partial charge in [0.2, 0.25) is 11.8 Å². The number of amides is 4. The van der Waals surface area contributed by atoms with Crippen LogP contribution in [-0.4, -0.2) is 40.7 Å². The predicted octanol–water partition coefficient (Wildman–Crippen LogP) is 3.14. The van der Waals surface area contributed by atoms with Crippen molar-refractivity contribution in [2.45, 2.75) is 45.4 Å². The maximum absolute atomic E-state index is 12.9. The van der Waals surface area contributed by atoms with E-state index in [1.54, 1.807) is 42.5 Å². The van der Waals surface area contributed by atoms with Gasteiger partial charge in [-0.1, -0.05) is 37.6 Å². The van der Waals surface area contributed by atoms with E-state index in [0.29, 0.717) is 34.0 Å². The zero-order chi connectivity index (χ0) is 23.7. The van der Waals surface area contributed by atoms with Crippen LogP contribution in [0.2, 0.25) is 5.02 Å². The van der Waals surface area contributed by atoms with Crippen molar-refractivity contribution in [2.75, 3.05) is 5.32 Å². The lowest BCUT2D eigenvalue weighted by Crippen LogP contribution is -2.52. The first-order valence-corrected chi connectivity index (χ1v) is 11.1. The molecule has 4 rings (SSSR count). The molecule has 2 aromatic rings. The van der Waals surface area contributed by atoms with Crippen molar-refractivity contribution in [3.63, 3.8) is 0 Å². The van der Waals surface area contributed by atoms with Gasteiger partial charge in [0.25, 0.3) is 11.8 Å². The number of fused-ring (bicyclic) bond motifs is 1. The lowest BCUT2D eigenvalue weighted by molar-refractivity contribution is -0.137. The summed E-state index contributed by atoms with van der Waals surface area (Å²) in [5.41, 5.74) is 1.68. The van der Waals surface area contributed by atoms with Crippen molar-refractivity contribution >= 4 is 40.9 Å². The van der Waals surface area contributed by atoms with E-state index >= 15 is 0 Å². The van der Waals surface area contributed by atoms with Crippen LogP contribution in [0.25, 0.3) is 0 Å². The SMILES string of the molecule is CC(C)C(Oc1ccc2c(c1)CN(C1CCC(=O)NC1=O)C2=O)C(=O)Nc1ccccc1Cl. The third-order valence-electron chi connectivity index (χ3n) is 5.75. The van der Waals surface area contributed by atoms with E-state index in [2.05, 4.69) is 10.6 Å². The molecule has 0 aliphatic carbocycles. The monoisotopic (exact) mass is 469 g/mol. The second kappa shape index (κ2) is 9.23. The maximum Gasteiger partial charge on any atom is 0.265 e. The van der Waals surface area contributed by atoms with Crippen LogP contribution in [0.4, 0.5) is 5.69 Å². The van der Waals surface area contributed by atoms with Gasteiger partial charge >= 0.3 is 0 Å². The summed E-state index contributed by atoms with van der Waals surface area (Å²) in [4.78, 5) is 50.9. The highest BCUT2D eigenvalue weighted by Crippen LogP contribution is 2.31. The molecule has 2 aliphatic rings. The highest BCUT2D eigenvalue weighted by atomic mass is 35.5. The molecule has 9 heteroatoms. The van der Waals surface area contributed by atoms with Crippen LogP contribution in [0.5, 0.6) is 5.75 Å². The van der Waals surface area contributed by atoms with Gasteiger partial charge in [-0.05, 0) is 48.2 Å². The van der Waals surface area contributed by atoms with Gasteiger partial charge in [0.15, 0.2) is 6.10 Å². The molecule has 2 unspecified atom stereocenters. The predicted molar refractivity (Wildman–Crippen MR) is 122 cm³/mol. The minimum atomic E-state index is -0.789. The number of benzene rings is 2. The molecule has 2 aromatic carbocycles. The average molecular weight is 470 g/mol. The zero-order valence-corrected chi connectivity index (χ0v) is 19.0. The maximum atomic E-state index is 12.9. The lowest BCUT2D eigenvalue weighted by atomic mass is 10.0. The highest BCUT2D eigenvalue weighted by molar-refractivity contribution is 6.33. The molecule has 0 spiro atoms. The van der Waals surface area contributed by atoms with Crippen LogP contribution >= 0.6 is 11.6 Å². The molecule has 0 saturated carbocycles. The van der Waals surface area contributed by atoms with Crippen LogP contribution in [-0.2, 0) is 20.9 Å². The Hall–Kier alpha value is -3.39. The molecule has 0 aromatic heterocycles. The Morgan fingerprint density at radius 1 is 1.18 bits per heavy atom. The molecule has 1 fully saturated rings. The van der Waals surface area contributed by atoms with E-state index in [9.17, 15) is 19.2 Å². The first-order valence-electron chi connectivity index (χ1n) is 10.7. The van der Waals surface area contributed by atoms with Crippen molar-refractivity contribution in [1.82, 2.24) is 10.2 Å². The topological polar surface area (TPSA) is 105 Å². The number of nitrogens with zero attached hydrogens (tertiary/aromatic N) is 1. The quantitative estimate of drug-likeness (QED) is 0.632. The number of hydrogen-bond donors (Lipinski definition) is 2. The smallest absolute Gasteiger partial charge is 0.265 e. The molecule has 2 aliphatic heterocycles. The van der Waals surface area contributed by atoms with Gasteiger partial charge < -0.3 is 15.0 Å². The summed E-state index contributed by atoms with van der Waals surface area (Å²) in [5, 5.41) is 5.52. The normalized spacial score (nSPS) is 18.7. The standard InChI is InChI=1S/C24H24ClN3O5/c1-13(2)21(23(31)26-18-6-4-3-5-17(18)25)33-15-7-8-16-14(11-15)12-28(24(16)32)19-9-10-20(29)27-22(19)30/h3-8,11,13,19,21H,9-10,12H2,1-2H3,(H,26,31)(H,27,29,30). The number of rotatable bonds is 6. The third kappa shape index (κ3) is 4.71. The van der Waals surface area contributed by atoms with Gasteiger partial charge in [-0.15, -0.1) is 0 Å². The minimum absolute atomic E-state index is 0.137. The molecular formula is C24H24ClN3O5. The molecule has 1 saturated heterocycles. The zero-order valence-electron chi connectivity index (χ0n) is 18.3. The Labute approximate surface area is 196 Å². The van der Waals surface area contributed by atoms with Gasteiger partial charge in [0, 0.05) is 18.5 Å². The summed E-state index contributed by atoms with van der Waals surface area (Å²) in [6.45, 7) is 3.98. The Balaban J connectivity index is 1.49. The molecule has 0 bridgehead atoms. The van der Waals surface area contributed by atoms with Crippen LogP contribution in [0.15, 0.2) is 42.5 Å². The number of carbonyl (C=O) groups excluding carboxylic acids is 4. The second-order valence-corrected chi connectivity index (χ2v) is 8.88. The number of para-hydroxylation sites is 1. The molecule has 2 heterocycles. The number of imide groups is 1. The molecular weight excluding hydrogens is 446 g/mol. The summed E-state index contributed by atoms with van der Waals surface area (Å²) < 4.78 is 6.02. The van der Waals surface area contributed by atoms with Gasteiger partial charge in [-0.3, -0.25) is 24.5 Å². The molecule has 33 heavy (non-hydrogen) atoms. The van der Waals surface area contributed by atoms with Crippen molar-refractivity contribution in [1.29, 1.82) is 0 Å². The molecule has 0 radical (unpaired) electrons. The Bertz CT molecular complexity index is 1130. The Morgan fingerprint density at radius 3 is 2.64 bits per heavy atom. The number of hydrogen-bond acceptors (Lipinski definition) is 5. The fourth-order valence-electron chi connectivity index (χ4n) is 4.03. The molecule has 172 valence electrons. The van der Waals surface area contributed by atoms with Crippen LogP contribution in [0.1, 0.15) is 42.6 Å². The summed E-state index contributed by atoms with van der Waals surface area (Å²) in [7, 11) is 0. The van der Waals surface area contributed by atoms with Crippen LogP contribution in [0.3, 0.4) is 0 Å². The first kappa shape index (κ1) is 22.8. The van der Waals surface area contributed by atoms with Gasteiger partial charge in [-0.25, -0.2) is 0 Å². The number of piperidine rings is 1. The number of nitrogens with one attached hydrogen (secondary N) is 2. The van der Waals surface area contributed by atoms with Crippen molar-refractivity contribution in [3.05, 3.63) is 58.6 Å². The molecule has 2 atom stereocenters. The number of anilines is 1. The third-order valence-corrected chi connectivity index (χ3v) is 6.08. The van der Waals surface area contributed by atoms with Crippen molar-refractivity contribution in [2.24, 2.45) is 5.92 Å². The molecule has 8 nitrogen and oxygen atoms in total. The number of halogens is 1. The number of ether oxygens (including phenoxy) is 1. The van der Waals surface area contributed by atoms with E-state index in [1.807, 2.05) is 13.8 Å². The van der Waals surface area contributed by atoms with E-state index in [4.69, 9.17) is 16.3 Å². The summed E-state index contributed by atoms with van der Waals surface area (Å²) in [6, 6.07) is 11.3. The Kier molecular flexibility index (Phi) is 6.37. The highest BCUT2D eigenvalue weighted by Gasteiger charge is 2.39. The Morgan fingerprint density at radius 2 is 1.94 bits per heavy atom. The summed E-state index contributed by atoms with van der Waals surface area (Å²) in [6.07, 6.45) is -0.296. The van der Waals surface area contributed by atoms with E-state index in [0.717, 1.165) is 0 Å². The fourth-order valence-corrected chi connectivity index (χ4v) is 4.21. The van der Waals surface area contributed by atoms with Gasteiger partial charge in [-0.2, -0.15) is 0 Å². The van der Waals surface area contributed by atoms with Crippen molar-refractivity contribution in [3.8, 4) is 5.75 Å². The lowest BCUT2D eigenvalue weighted by Gasteiger charge is -2.29.